The molecule has 2 aliphatic heterocycles. The first kappa shape index (κ1) is 6.15. The summed E-state index contributed by atoms with van der Waals surface area (Å²) in [6.07, 6.45) is 6.16. The molecule has 0 aromatic heterocycles. The molecule has 0 N–H and O–H groups in total. The van der Waals surface area contributed by atoms with Gasteiger partial charge in [0.05, 0.1) is 5.70 Å². The summed E-state index contributed by atoms with van der Waals surface area (Å²) in [7, 11) is 0. The minimum Gasteiger partial charge on any atom is -0.271 e. The van der Waals surface area contributed by atoms with Crippen molar-refractivity contribution in [3.8, 4) is 0 Å². The van der Waals surface area contributed by atoms with Gasteiger partial charge in [-0.3, -0.25) is 4.79 Å². The molecule has 1 unspecified atom stereocenters. The first-order valence-electron chi connectivity index (χ1n) is 3.22. The van der Waals surface area contributed by atoms with E-state index in [0.717, 1.165) is 5.70 Å². The van der Waals surface area contributed by atoms with Crippen molar-refractivity contribution in [1.82, 2.24) is 0 Å². The fourth-order valence-electron chi connectivity index (χ4n) is 0.986. The Bertz CT molecular complexity index is 312. The Kier molecular flexibility index (Phi) is 1.25. The highest BCUT2D eigenvalue weighted by atomic mass is 16.1. The first-order chi connectivity index (χ1) is 5.38. The van der Waals surface area contributed by atoms with Crippen LogP contribution in [-0.4, -0.2) is 24.7 Å². The molecule has 11 heavy (non-hydrogen) atoms. The number of nitrogens with zero attached hydrogens (tertiary/aromatic N) is 3. The molecule has 0 fully saturated rings. The van der Waals surface area contributed by atoms with Gasteiger partial charge in [0.25, 0.3) is 5.91 Å². The summed E-state index contributed by atoms with van der Waals surface area (Å²) < 4.78 is 0. The number of rotatable bonds is 0. The molecule has 1 amide bonds. The lowest BCUT2D eigenvalue weighted by Gasteiger charge is -2.12. The van der Waals surface area contributed by atoms with E-state index in [-0.39, 0.29) is 11.8 Å². The van der Waals surface area contributed by atoms with Crippen LogP contribution >= 0.6 is 0 Å². The number of allylic oxidation sites excluding steroid dienone is 1. The van der Waals surface area contributed by atoms with Gasteiger partial charge in [0.15, 0.2) is 0 Å². The van der Waals surface area contributed by atoms with E-state index in [1.165, 1.54) is 12.6 Å². The van der Waals surface area contributed by atoms with Crippen LogP contribution in [0.1, 0.15) is 0 Å². The topological polar surface area (TPSA) is 54.1 Å². The van der Waals surface area contributed by atoms with Crippen molar-refractivity contribution in [2.75, 3.05) is 0 Å². The molecule has 0 radical (unpaired) electrons. The molecule has 2 heterocycles. The number of hydrogen-bond donors (Lipinski definition) is 0. The second-order valence-electron chi connectivity index (χ2n) is 2.23. The SMILES string of the molecule is O=C1N=CC=C2N=CN=CC12. The Balaban J connectivity index is 2.43. The maximum atomic E-state index is 11.0. The summed E-state index contributed by atoms with van der Waals surface area (Å²) in [6.45, 7) is 0. The van der Waals surface area contributed by atoms with Crippen LogP contribution in [0.4, 0.5) is 0 Å². The molecule has 0 saturated heterocycles. The number of fused-ring (bicyclic) bond motifs is 1. The van der Waals surface area contributed by atoms with Crippen LogP contribution in [0.3, 0.4) is 0 Å². The van der Waals surface area contributed by atoms with Gasteiger partial charge in [-0.1, -0.05) is 0 Å². The summed E-state index contributed by atoms with van der Waals surface area (Å²) in [5.41, 5.74) is 0.722. The second kappa shape index (κ2) is 2.23. The monoisotopic (exact) mass is 147 g/mol. The van der Waals surface area contributed by atoms with Gasteiger partial charge < -0.3 is 0 Å². The van der Waals surface area contributed by atoms with Crippen LogP contribution in [0.5, 0.6) is 0 Å². The van der Waals surface area contributed by atoms with E-state index in [1.807, 2.05) is 0 Å². The Hall–Kier alpha value is -1.58. The average Bonchev–Trinajstić information content (AvgIpc) is 2.06. The zero-order valence-electron chi connectivity index (χ0n) is 5.64. The minimum absolute atomic E-state index is 0.192. The summed E-state index contributed by atoms with van der Waals surface area (Å²) in [5, 5.41) is 0. The summed E-state index contributed by atoms with van der Waals surface area (Å²) in [5.74, 6) is -0.534. The Morgan fingerprint density at radius 1 is 1.36 bits per heavy atom. The molecule has 1 atom stereocenters. The van der Waals surface area contributed by atoms with Gasteiger partial charge in [-0.2, -0.15) is 0 Å². The standard InChI is InChI=1S/C7H5N3O/c11-7-5-3-8-4-10-6(5)1-2-9-7/h1-5H. The van der Waals surface area contributed by atoms with Crippen molar-refractivity contribution < 1.29 is 4.79 Å². The first-order valence-corrected chi connectivity index (χ1v) is 3.22. The number of aliphatic imine (C=N–C) groups is 3. The predicted octanol–water partition coefficient (Wildman–Crippen LogP) is 0.210. The fraction of sp³-hybridized carbons (Fsp3) is 0.143. The highest BCUT2D eigenvalue weighted by Crippen LogP contribution is 2.16. The molecule has 4 heteroatoms. The predicted molar refractivity (Wildman–Crippen MR) is 42.1 cm³/mol. The Morgan fingerprint density at radius 3 is 3.09 bits per heavy atom. The summed E-state index contributed by atoms with van der Waals surface area (Å²) >= 11 is 0. The number of dihydropyridines is 1. The molecule has 2 aliphatic rings. The molecular weight excluding hydrogens is 142 g/mol. The van der Waals surface area contributed by atoms with Crippen molar-refractivity contribution in [2.24, 2.45) is 20.9 Å². The van der Waals surface area contributed by atoms with E-state index in [2.05, 4.69) is 15.0 Å². The molecule has 0 aromatic carbocycles. The average molecular weight is 147 g/mol. The van der Waals surface area contributed by atoms with Crippen molar-refractivity contribution in [3.05, 3.63) is 11.8 Å². The van der Waals surface area contributed by atoms with Gasteiger partial charge in [-0.05, 0) is 6.08 Å². The third-order valence-electron chi connectivity index (χ3n) is 1.54. The van der Waals surface area contributed by atoms with Crippen LogP contribution in [0.15, 0.2) is 26.8 Å². The molecule has 54 valence electrons. The molecule has 0 aliphatic carbocycles. The fourth-order valence-corrected chi connectivity index (χ4v) is 0.986. The molecule has 0 saturated carbocycles. The number of hydrogen-bond acceptors (Lipinski definition) is 3. The van der Waals surface area contributed by atoms with Crippen molar-refractivity contribution >= 4 is 24.7 Å². The van der Waals surface area contributed by atoms with E-state index in [9.17, 15) is 4.79 Å². The van der Waals surface area contributed by atoms with Crippen LogP contribution in [0, 0.1) is 5.92 Å². The van der Waals surface area contributed by atoms with Crippen molar-refractivity contribution in [1.29, 1.82) is 0 Å². The lowest BCUT2D eigenvalue weighted by molar-refractivity contribution is -0.118. The van der Waals surface area contributed by atoms with Gasteiger partial charge in [-0.15, -0.1) is 0 Å². The van der Waals surface area contributed by atoms with Gasteiger partial charge >= 0.3 is 0 Å². The molecule has 2 rings (SSSR count). The van der Waals surface area contributed by atoms with Gasteiger partial charge in [0.2, 0.25) is 0 Å². The highest BCUT2D eigenvalue weighted by molar-refractivity contribution is 6.06. The van der Waals surface area contributed by atoms with E-state index >= 15 is 0 Å². The van der Waals surface area contributed by atoms with Gasteiger partial charge in [0.1, 0.15) is 12.3 Å². The Labute approximate surface area is 63.1 Å². The number of carbonyl (C=O) groups excluding carboxylic acids is 1. The van der Waals surface area contributed by atoms with Gasteiger partial charge in [-0.25, -0.2) is 15.0 Å². The Morgan fingerprint density at radius 2 is 2.27 bits per heavy atom. The maximum absolute atomic E-state index is 11.0. The third kappa shape index (κ3) is 0.920. The number of carbonyl (C=O) groups is 1. The minimum atomic E-state index is -0.343. The van der Waals surface area contributed by atoms with Crippen LogP contribution in [-0.2, 0) is 4.79 Å². The zero-order chi connectivity index (χ0) is 7.68. The highest BCUT2D eigenvalue weighted by Gasteiger charge is 2.23. The van der Waals surface area contributed by atoms with E-state index in [4.69, 9.17) is 0 Å². The lowest BCUT2D eigenvalue weighted by atomic mass is 10.0. The van der Waals surface area contributed by atoms with Crippen molar-refractivity contribution in [3.63, 3.8) is 0 Å². The largest absolute Gasteiger partial charge is 0.271 e. The second-order valence-corrected chi connectivity index (χ2v) is 2.23. The van der Waals surface area contributed by atoms with E-state index < -0.39 is 0 Å². The van der Waals surface area contributed by atoms with Crippen LogP contribution in [0.2, 0.25) is 0 Å². The number of amides is 1. The van der Waals surface area contributed by atoms with Crippen LogP contribution < -0.4 is 0 Å². The smallest absolute Gasteiger partial charge is 0.260 e. The maximum Gasteiger partial charge on any atom is 0.260 e. The molecule has 4 nitrogen and oxygen atoms in total. The molecular formula is C7H5N3O. The van der Waals surface area contributed by atoms with Crippen molar-refractivity contribution in [2.45, 2.75) is 0 Å². The normalized spacial score (nSPS) is 26.7. The quantitative estimate of drug-likeness (QED) is 0.483. The van der Waals surface area contributed by atoms with Crippen LogP contribution in [0.25, 0.3) is 0 Å². The third-order valence-corrected chi connectivity index (χ3v) is 1.54. The van der Waals surface area contributed by atoms with E-state index in [1.54, 1.807) is 12.3 Å². The molecule has 0 bridgehead atoms. The molecule has 0 aromatic rings. The van der Waals surface area contributed by atoms with Gasteiger partial charge in [0, 0.05) is 12.4 Å². The van der Waals surface area contributed by atoms with E-state index in [0.29, 0.717) is 0 Å². The molecule has 0 spiro atoms. The summed E-state index contributed by atoms with van der Waals surface area (Å²) in [6, 6.07) is 0. The lowest BCUT2D eigenvalue weighted by Crippen LogP contribution is -2.20. The zero-order valence-corrected chi connectivity index (χ0v) is 5.64. The summed E-state index contributed by atoms with van der Waals surface area (Å²) in [4.78, 5) is 22.3.